The molecule has 0 radical (unpaired) electrons. The quantitative estimate of drug-likeness (QED) is 0.531. The van der Waals surface area contributed by atoms with Crippen LogP contribution in [0.25, 0.3) is 11.1 Å². The predicted molar refractivity (Wildman–Crippen MR) is 136 cm³/mol. The third-order valence-electron chi connectivity index (χ3n) is 7.29. The Morgan fingerprint density at radius 3 is 2.63 bits per heavy atom. The largest absolute Gasteiger partial charge is 0.490 e. The summed E-state index contributed by atoms with van der Waals surface area (Å²) in [5, 5.41) is 11.5. The third-order valence-corrected chi connectivity index (χ3v) is 7.29. The Kier molecular flexibility index (Phi) is 9.07. The van der Waals surface area contributed by atoms with E-state index in [9.17, 15) is 9.18 Å². The molecular formula is C28H39FN4O2. The van der Waals surface area contributed by atoms with Gasteiger partial charge in [-0.05, 0) is 82.3 Å². The highest BCUT2D eigenvalue weighted by molar-refractivity contribution is 5.93. The smallest absolute Gasteiger partial charge is 0.271 e. The molecule has 7 heteroatoms. The lowest BCUT2D eigenvalue weighted by atomic mass is 9.95. The Bertz CT molecular complexity index is 962. The van der Waals surface area contributed by atoms with Crippen LogP contribution in [0.4, 0.5) is 4.39 Å². The summed E-state index contributed by atoms with van der Waals surface area (Å²) in [4.78, 5) is 14.9. The van der Waals surface area contributed by atoms with Crippen molar-refractivity contribution in [3.05, 3.63) is 41.7 Å². The fraction of sp³-hybridized carbons (Fsp3) is 0.607. The van der Waals surface area contributed by atoms with E-state index in [4.69, 9.17) is 4.74 Å². The van der Waals surface area contributed by atoms with Crippen LogP contribution < -0.4 is 10.1 Å². The molecule has 2 aromatic rings. The average Bonchev–Trinajstić information content (AvgIpc) is 2.88. The monoisotopic (exact) mass is 482 g/mol. The van der Waals surface area contributed by atoms with E-state index < -0.39 is 6.17 Å². The van der Waals surface area contributed by atoms with E-state index in [1.807, 2.05) is 42.3 Å². The Labute approximate surface area is 208 Å². The van der Waals surface area contributed by atoms with Gasteiger partial charge in [-0.25, -0.2) is 4.39 Å². The van der Waals surface area contributed by atoms with Crippen LogP contribution in [0.5, 0.6) is 5.75 Å². The van der Waals surface area contributed by atoms with E-state index >= 15 is 0 Å². The fourth-order valence-corrected chi connectivity index (χ4v) is 5.04. The Balaban J connectivity index is 1.46. The van der Waals surface area contributed by atoms with Crippen LogP contribution in [0.15, 0.2) is 30.3 Å². The number of unbranched alkanes of at least 4 members (excludes halogenated alkanes) is 1. The van der Waals surface area contributed by atoms with Crippen molar-refractivity contribution in [3.8, 4) is 16.9 Å². The number of rotatable bonds is 9. The minimum atomic E-state index is -0.929. The molecule has 2 aliphatic rings. The SMILES string of the molecule is CCCCc1nnc(C(=O)NCC2CCN(C)CC2F)cc1-c1ccc(OC2CCCCC2)cc1. The molecule has 0 spiro atoms. The van der Waals surface area contributed by atoms with Crippen molar-refractivity contribution in [2.75, 3.05) is 26.7 Å². The van der Waals surface area contributed by atoms with Crippen molar-refractivity contribution in [1.29, 1.82) is 0 Å². The first-order chi connectivity index (χ1) is 17.0. The number of carbonyl (C=O) groups excluding carboxylic acids is 1. The van der Waals surface area contributed by atoms with Gasteiger partial charge in [0.1, 0.15) is 11.9 Å². The zero-order chi connectivity index (χ0) is 24.6. The lowest BCUT2D eigenvalue weighted by molar-refractivity contribution is 0.0851. The maximum absolute atomic E-state index is 14.4. The van der Waals surface area contributed by atoms with E-state index in [0.717, 1.165) is 67.6 Å². The van der Waals surface area contributed by atoms with Gasteiger partial charge in [-0.3, -0.25) is 4.79 Å². The summed E-state index contributed by atoms with van der Waals surface area (Å²) in [7, 11) is 1.92. The first-order valence-electron chi connectivity index (χ1n) is 13.3. The molecule has 2 unspecified atom stereocenters. The molecule has 6 nitrogen and oxygen atoms in total. The van der Waals surface area contributed by atoms with E-state index in [0.29, 0.717) is 19.2 Å². The van der Waals surface area contributed by atoms with Gasteiger partial charge < -0.3 is 15.0 Å². The van der Waals surface area contributed by atoms with E-state index in [1.54, 1.807) is 0 Å². The molecule has 2 heterocycles. The highest BCUT2D eigenvalue weighted by Gasteiger charge is 2.28. The number of ether oxygens (including phenoxy) is 1. The summed E-state index contributed by atoms with van der Waals surface area (Å²) in [5.41, 5.74) is 3.08. The normalized spacial score (nSPS) is 21.6. The molecule has 4 rings (SSSR count). The molecule has 190 valence electrons. The first-order valence-corrected chi connectivity index (χ1v) is 13.3. The van der Waals surface area contributed by atoms with Crippen molar-refractivity contribution in [2.45, 2.75) is 77.0 Å². The van der Waals surface area contributed by atoms with Crippen LogP contribution in [0, 0.1) is 5.92 Å². The average molecular weight is 483 g/mol. The zero-order valence-corrected chi connectivity index (χ0v) is 21.1. The van der Waals surface area contributed by atoms with Crippen LogP contribution in [0.1, 0.15) is 74.5 Å². The summed E-state index contributed by atoms with van der Waals surface area (Å²) in [6.45, 7) is 3.72. The van der Waals surface area contributed by atoms with Crippen molar-refractivity contribution in [3.63, 3.8) is 0 Å². The summed E-state index contributed by atoms with van der Waals surface area (Å²) < 4.78 is 20.5. The van der Waals surface area contributed by atoms with Gasteiger partial charge in [-0.2, -0.15) is 5.10 Å². The van der Waals surface area contributed by atoms with Gasteiger partial charge in [-0.15, -0.1) is 5.10 Å². The molecule has 2 atom stereocenters. The Morgan fingerprint density at radius 2 is 1.91 bits per heavy atom. The fourth-order valence-electron chi connectivity index (χ4n) is 5.04. The third kappa shape index (κ3) is 7.00. The van der Waals surface area contributed by atoms with Crippen molar-refractivity contribution < 1.29 is 13.9 Å². The number of hydrogen-bond acceptors (Lipinski definition) is 5. The molecule has 1 saturated carbocycles. The Hall–Kier alpha value is -2.54. The minimum Gasteiger partial charge on any atom is -0.490 e. The van der Waals surface area contributed by atoms with Gasteiger partial charge in [-0.1, -0.05) is 31.9 Å². The number of amides is 1. The second-order valence-electron chi connectivity index (χ2n) is 10.1. The number of nitrogens with one attached hydrogen (secondary N) is 1. The number of benzene rings is 1. The highest BCUT2D eigenvalue weighted by Crippen LogP contribution is 2.29. The molecule has 2 fully saturated rings. The number of nitrogens with zero attached hydrogens (tertiary/aromatic N) is 3. The van der Waals surface area contributed by atoms with Crippen LogP contribution in [0.3, 0.4) is 0 Å². The number of carbonyl (C=O) groups is 1. The Morgan fingerprint density at radius 1 is 1.14 bits per heavy atom. The lowest BCUT2D eigenvalue weighted by Crippen LogP contribution is -2.44. The van der Waals surface area contributed by atoms with Gasteiger partial charge >= 0.3 is 0 Å². The maximum atomic E-state index is 14.4. The maximum Gasteiger partial charge on any atom is 0.271 e. The number of alkyl halides is 1. The minimum absolute atomic E-state index is 0.164. The second-order valence-corrected chi connectivity index (χ2v) is 10.1. The summed E-state index contributed by atoms with van der Waals surface area (Å²) in [6.07, 6.45) is 9.00. The van der Waals surface area contributed by atoms with Crippen molar-refractivity contribution >= 4 is 5.91 Å². The summed E-state index contributed by atoms with van der Waals surface area (Å²) >= 11 is 0. The van der Waals surface area contributed by atoms with Gasteiger partial charge in [0.15, 0.2) is 5.69 Å². The number of aromatic nitrogens is 2. The second kappa shape index (κ2) is 12.4. The molecule has 1 aliphatic heterocycles. The topological polar surface area (TPSA) is 67.4 Å². The summed E-state index contributed by atoms with van der Waals surface area (Å²) in [5.74, 6) is 0.418. The predicted octanol–water partition coefficient (Wildman–Crippen LogP) is 5.22. The molecule has 35 heavy (non-hydrogen) atoms. The molecule has 1 N–H and O–H groups in total. The molecule has 0 bridgehead atoms. The number of aryl methyl sites for hydroxylation is 1. The van der Waals surface area contributed by atoms with Gasteiger partial charge in [0.05, 0.1) is 11.8 Å². The van der Waals surface area contributed by atoms with Gasteiger partial charge in [0.25, 0.3) is 5.91 Å². The van der Waals surface area contributed by atoms with Crippen LogP contribution in [-0.4, -0.2) is 60.0 Å². The standard InChI is InChI=1S/C28H39FN4O2/c1-3-4-10-26-24(20-11-13-23(14-12-20)35-22-8-6-5-7-9-22)17-27(32-31-26)28(34)30-18-21-15-16-33(2)19-25(21)29/h11-14,17,21-22,25H,3-10,15-16,18-19H2,1-2H3,(H,30,34). The molecule has 1 aromatic carbocycles. The van der Waals surface area contributed by atoms with Crippen molar-refractivity contribution in [2.24, 2.45) is 5.92 Å². The van der Waals surface area contributed by atoms with E-state index in [1.165, 1.54) is 19.3 Å². The van der Waals surface area contributed by atoms with Gasteiger partial charge in [0.2, 0.25) is 0 Å². The highest BCUT2D eigenvalue weighted by atomic mass is 19.1. The number of piperidine rings is 1. The number of halogens is 1. The van der Waals surface area contributed by atoms with E-state index in [-0.39, 0.29) is 17.5 Å². The molecular weight excluding hydrogens is 443 g/mol. The van der Waals surface area contributed by atoms with E-state index in [2.05, 4.69) is 22.4 Å². The molecule has 1 aliphatic carbocycles. The van der Waals surface area contributed by atoms with Crippen molar-refractivity contribution in [1.82, 2.24) is 20.4 Å². The summed E-state index contributed by atoms with van der Waals surface area (Å²) in [6, 6.07) is 9.92. The van der Waals surface area contributed by atoms with Crippen LogP contribution in [-0.2, 0) is 6.42 Å². The zero-order valence-electron chi connectivity index (χ0n) is 21.1. The molecule has 1 amide bonds. The van der Waals surface area contributed by atoms with Crippen LogP contribution >= 0.6 is 0 Å². The van der Waals surface area contributed by atoms with Crippen LogP contribution in [0.2, 0.25) is 0 Å². The molecule has 1 saturated heterocycles. The van der Waals surface area contributed by atoms with Gasteiger partial charge in [0, 0.05) is 24.6 Å². The lowest BCUT2D eigenvalue weighted by Gasteiger charge is -2.32. The number of likely N-dealkylation sites (tertiary alicyclic amines) is 1. The molecule has 1 aromatic heterocycles. The first kappa shape index (κ1) is 25.5. The number of hydrogen-bond donors (Lipinski definition) is 1.